The molecule has 5 rings (SSSR count). The summed E-state index contributed by atoms with van der Waals surface area (Å²) in [5.74, 6) is 1.35. The van der Waals surface area contributed by atoms with Crippen LogP contribution in [-0.4, -0.2) is 38.3 Å². The second-order valence-corrected chi connectivity index (χ2v) is 7.19. The fourth-order valence-corrected chi connectivity index (χ4v) is 3.61. The number of carbonyl (C=O) groups excluding carboxylic acids is 1. The minimum Gasteiger partial charge on any atom is -0.357 e. The van der Waals surface area contributed by atoms with Crippen LogP contribution >= 0.6 is 0 Å². The number of carbonyl (C=O) groups is 1. The zero-order chi connectivity index (χ0) is 19.8. The first kappa shape index (κ1) is 17.4. The molecule has 1 aliphatic rings. The van der Waals surface area contributed by atoms with Crippen molar-refractivity contribution in [1.82, 2.24) is 19.8 Å². The second-order valence-electron chi connectivity index (χ2n) is 7.19. The first-order chi connectivity index (χ1) is 14.2. The number of aryl methyl sites for hydroxylation is 1. The average molecular weight is 384 g/mol. The number of fused-ring (bicyclic) bond motifs is 1. The van der Waals surface area contributed by atoms with E-state index < -0.39 is 0 Å². The summed E-state index contributed by atoms with van der Waals surface area (Å²) in [6, 6.07) is 21.2. The van der Waals surface area contributed by atoms with Gasteiger partial charge in [-0.25, -0.2) is 0 Å². The topological polar surface area (TPSA) is 75.4 Å². The van der Waals surface area contributed by atoms with Crippen LogP contribution < -0.4 is 10.2 Å². The maximum Gasteiger partial charge on any atom is 0.249 e. The molecule has 0 saturated carbocycles. The molecule has 1 unspecified atom stereocenters. The van der Waals surface area contributed by atoms with Crippen LogP contribution in [0.5, 0.6) is 0 Å². The quantitative estimate of drug-likeness (QED) is 0.584. The molecule has 7 nitrogen and oxygen atoms in total. The van der Waals surface area contributed by atoms with Crippen LogP contribution in [0.1, 0.15) is 12.0 Å². The molecule has 1 saturated heterocycles. The number of amides is 1. The molecule has 0 aliphatic carbocycles. The van der Waals surface area contributed by atoms with Crippen LogP contribution in [0.15, 0.2) is 66.7 Å². The third-order valence-corrected chi connectivity index (χ3v) is 5.17. The molecule has 1 aliphatic heterocycles. The van der Waals surface area contributed by atoms with Crippen molar-refractivity contribution in [2.24, 2.45) is 0 Å². The van der Waals surface area contributed by atoms with Gasteiger partial charge in [-0.15, -0.1) is 15.3 Å². The summed E-state index contributed by atoms with van der Waals surface area (Å²) in [6.45, 7) is 2.72. The van der Waals surface area contributed by atoms with E-state index in [0.29, 0.717) is 23.8 Å². The number of rotatable bonds is 4. The van der Waals surface area contributed by atoms with Crippen molar-refractivity contribution in [2.75, 3.05) is 16.8 Å². The van der Waals surface area contributed by atoms with Crippen molar-refractivity contribution in [3.8, 4) is 11.4 Å². The molecule has 1 amide bonds. The van der Waals surface area contributed by atoms with Crippen molar-refractivity contribution >= 4 is 23.1 Å². The normalized spacial score (nSPS) is 16.5. The van der Waals surface area contributed by atoms with Gasteiger partial charge in [0.05, 0.1) is 0 Å². The van der Waals surface area contributed by atoms with Crippen molar-refractivity contribution < 1.29 is 4.79 Å². The molecule has 4 aromatic rings. The minimum absolute atomic E-state index is 0.0581. The molecule has 3 heterocycles. The van der Waals surface area contributed by atoms with Crippen molar-refractivity contribution in [2.45, 2.75) is 19.4 Å². The Kier molecular flexibility index (Phi) is 4.20. The highest BCUT2D eigenvalue weighted by atomic mass is 16.2. The van der Waals surface area contributed by atoms with Gasteiger partial charge in [0.15, 0.2) is 11.5 Å². The van der Waals surface area contributed by atoms with Gasteiger partial charge in [-0.1, -0.05) is 48.0 Å². The van der Waals surface area contributed by atoms with E-state index in [2.05, 4.69) is 20.6 Å². The largest absolute Gasteiger partial charge is 0.357 e. The molecule has 2 aromatic carbocycles. The van der Waals surface area contributed by atoms with E-state index in [1.807, 2.05) is 78.6 Å². The van der Waals surface area contributed by atoms with Gasteiger partial charge in [-0.2, -0.15) is 4.52 Å². The van der Waals surface area contributed by atoms with E-state index in [-0.39, 0.29) is 11.9 Å². The van der Waals surface area contributed by atoms with Gasteiger partial charge in [-0.05, 0) is 37.6 Å². The maximum atomic E-state index is 12.9. The smallest absolute Gasteiger partial charge is 0.249 e. The molecule has 1 N–H and O–H groups in total. The Hall–Kier alpha value is -3.74. The molecular formula is C22H20N6O. The van der Waals surface area contributed by atoms with Gasteiger partial charge in [-0.3, -0.25) is 4.79 Å². The summed E-state index contributed by atoms with van der Waals surface area (Å²) in [7, 11) is 0. The predicted molar refractivity (Wildman–Crippen MR) is 112 cm³/mol. The molecule has 1 fully saturated rings. The Morgan fingerprint density at radius 3 is 2.55 bits per heavy atom. The van der Waals surface area contributed by atoms with Gasteiger partial charge in [0, 0.05) is 17.8 Å². The Bertz CT molecular complexity index is 1170. The number of hydrogen-bond donors (Lipinski definition) is 1. The van der Waals surface area contributed by atoms with Crippen molar-refractivity contribution in [3.05, 3.63) is 72.3 Å². The van der Waals surface area contributed by atoms with Crippen LogP contribution in [0.4, 0.5) is 11.5 Å². The third kappa shape index (κ3) is 3.20. The molecule has 29 heavy (non-hydrogen) atoms. The lowest BCUT2D eigenvalue weighted by atomic mass is 10.2. The highest BCUT2D eigenvalue weighted by molar-refractivity contribution is 6.00. The predicted octanol–water partition coefficient (Wildman–Crippen LogP) is 3.32. The summed E-state index contributed by atoms with van der Waals surface area (Å²) >= 11 is 0. The minimum atomic E-state index is -0.307. The lowest BCUT2D eigenvalue weighted by Crippen LogP contribution is -2.33. The van der Waals surface area contributed by atoms with E-state index in [1.165, 1.54) is 5.56 Å². The van der Waals surface area contributed by atoms with Crippen molar-refractivity contribution in [1.29, 1.82) is 0 Å². The summed E-state index contributed by atoms with van der Waals surface area (Å²) < 4.78 is 1.70. The van der Waals surface area contributed by atoms with Gasteiger partial charge >= 0.3 is 0 Å². The Labute approximate surface area is 168 Å². The second kappa shape index (κ2) is 7.01. The Morgan fingerprint density at radius 2 is 1.76 bits per heavy atom. The van der Waals surface area contributed by atoms with E-state index in [0.717, 1.165) is 17.7 Å². The van der Waals surface area contributed by atoms with Crippen LogP contribution in [-0.2, 0) is 4.79 Å². The number of aromatic nitrogens is 4. The van der Waals surface area contributed by atoms with E-state index in [9.17, 15) is 4.79 Å². The number of nitrogens with zero attached hydrogens (tertiary/aromatic N) is 5. The number of hydrogen-bond acceptors (Lipinski definition) is 5. The lowest BCUT2D eigenvalue weighted by molar-refractivity contribution is -0.117. The van der Waals surface area contributed by atoms with Crippen molar-refractivity contribution in [3.63, 3.8) is 0 Å². The Morgan fingerprint density at radius 1 is 0.966 bits per heavy atom. The third-order valence-electron chi connectivity index (χ3n) is 5.17. The zero-order valence-electron chi connectivity index (χ0n) is 16.0. The number of nitrogens with one attached hydrogen (secondary N) is 1. The Balaban J connectivity index is 1.39. The standard InChI is InChI=1S/C22H20N6O/c1-15-7-9-17(10-8-15)27-14-13-18(22(27)29)23-19-11-12-20-24-25-21(28(20)26-19)16-5-3-2-4-6-16/h2-12,18H,13-14H2,1H3,(H,23,26). The van der Waals surface area contributed by atoms with Crippen LogP contribution in [0.25, 0.3) is 17.0 Å². The highest BCUT2D eigenvalue weighted by Crippen LogP contribution is 2.24. The molecule has 2 aromatic heterocycles. The molecule has 0 radical (unpaired) electrons. The van der Waals surface area contributed by atoms with E-state index in [4.69, 9.17) is 0 Å². The lowest BCUT2D eigenvalue weighted by Gasteiger charge is -2.17. The number of benzene rings is 2. The molecular weight excluding hydrogens is 364 g/mol. The molecule has 0 spiro atoms. The first-order valence-corrected chi connectivity index (χ1v) is 9.61. The molecule has 0 bridgehead atoms. The van der Waals surface area contributed by atoms with Gasteiger partial charge in [0.2, 0.25) is 5.91 Å². The molecule has 1 atom stereocenters. The molecule has 144 valence electrons. The van der Waals surface area contributed by atoms with Gasteiger partial charge in [0.25, 0.3) is 0 Å². The SMILES string of the molecule is Cc1ccc(N2CCC(Nc3ccc4nnc(-c5ccccc5)n4n3)C2=O)cc1. The average Bonchev–Trinajstić information content (AvgIpc) is 3.33. The fourth-order valence-electron chi connectivity index (χ4n) is 3.61. The summed E-state index contributed by atoms with van der Waals surface area (Å²) in [4.78, 5) is 14.7. The summed E-state index contributed by atoms with van der Waals surface area (Å²) in [6.07, 6.45) is 0.722. The number of anilines is 2. The van der Waals surface area contributed by atoms with E-state index in [1.54, 1.807) is 4.52 Å². The first-order valence-electron chi connectivity index (χ1n) is 9.61. The highest BCUT2D eigenvalue weighted by Gasteiger charge is 2.32. The van der Waals surface area contributed by atoms with Gasteiger partial charge in [0.1, 0.15) is 11.9 Å². The van der Waals surface area contributed by atoms with Gasteiger partial charge < -0.3 is 10.2 Å². The van der Waals surface area contributed by atoms with Crippen LogP contribution in [0, 0.1) is 6.92 Å². The maximum absolute atomic E-state index is 12.9. The fraction of sp³-hybridized carbons (Fsp3) is 0.182. The summed E-state index contributed by atoms with van der Waals surface area (Å²) in [5.41, 5.74) is 3.70. The molecule has 7 heteroatoms. The van der Waals surface area contributed by atoms with Crippen LogP contribution in [0.2, 0.25) is 0 Å². The van der Waals surface area contributed by atoms with E-state index >= 15 is 0 Å². The summed E-state index contributed by atoms with van der Waals surface area (Å²) in [5, 5.41) is 16.4. The van der Waals surface area contributed by atoms with Crippen LogP contribution in [0.3, 0.4) is 0 Å². The monoisotopic (exact) mass is 384 g/mol. The zero-order valence-corrected chi connectivity index (χ0v) is 16.0.